The van der Waals surface area contributed by atoms with E-state index in [2.05, 4.69) is 9.88 Å². The monoisotopic (exact) mass is 301 g/mol. The Bertz CT molecular complexity index is 526. The van der Waals surface area contributed by atoms with Crippen molar-refractivity contribution in [1.29, 1.82) is 0 Å². The molecule has 7 heteroatoms. The lowest BCUT2D eigenvalue weighted by atomic mass is 9.82. The molecule has 0 spiro atoms. The first-order chi connectivity index (χ1) is 9.06. The van der Waals surface area contributed by atoms with E-state index in [4.69, 9.17) is 28.3 Å². The number of amides is 1. The van der Waals surface area contributed by atoms with Crippen LogP contribution in [0.3, 0.4) is 0 Å². The van der Waals surface area contributed by atoms with Gasteiger partial charge >= 0.3 is 6.09 Å². The van der Waals surface area contributed by atoms with E-state index in [0.29, 0.717) is 29.2 Å². The van der Waals surface area contributed by atoms with Gasteiger partial charge in [-0.05, 0) is 12.5 Å². The third kappa shape index (κ3) is 2.21. The highest BCUT2D eigenvalue weighted by atomic mass is 35.5. The van der Waals surface area contributed by atoms with Crippen LogP contribution < -0.4 is 4.90 Å². The highest BCUT2D eigenvalue weighted by Gasteiger charge is 2.43. The maximum absolute atomic E-state index is 11.0. The van der Waals surface area contributed by atoms with Crippen LogP contribution in [0.4, 0.5) is 10.5 Å². The number of aromatic nitrogens is 1. The number of piperidine rings is 1. The number of anilines is 1. The molecule has 3 rings (SSSR count). The van der Waals surface area contributed by atoms with Crippen LogP contribution in [0.1, 0.15) is 6.42 Å². The van der Waals surface area contributed by atoms with Crippen molar-refractivity contribution in [2.45, 2.75) is 12.5 Å². The van der Waals surface area contributed by atoms with E-state index in [9.17, 15) is 4.79 Å². The number of rotatable bonds is 1. The number of carbonyl (C=O) groups is 1. The molecule has 0 unspecified atom stereocenters. The number of carboxylic acid groups (broad SMARTS) is 1. The predicted octanol–water partition coefficient (Wildman–Crippen LogP) is 2.58. The Morgan fingerprint density at radius 3 is 2.89 bits per heavy atom. The van der Waals surface area contributed by atoms with E-state index in [0.717, 1.165) is 18.7 Å². The van der Waals surface area contributed by atoms with Crippen LogP contribution in [0.2, 0.25) is 10.2 Å². The smallest absolute Gasteiger partial charge is 0.407 e. The van der Waals surface area contributed by atoms with E-state index < -0.39 is 6.09 Å². The minimum absolute atomic E-state index is 0.226. The van der Waals surface area contributed by atoms with Crippen molar-refractivity contribution in [3.8, 4) is 0 Å². The molecule has 102 valence electrons. The SMILES string of the molecule is O=C(O)N1CC[C@H]2CN(c3cnc(Cl)c(Cl)c3)[C@H]2C1. The van der Waals surface area contributed by atoms with Crippen LogP contribution in [-0.4, -0.2) is 46.8 Å². The maximum Gasteiger partial charge on any atom is 0.407 e. The Kier molecular flexibility index (Phi) is 3.19. The van der Waals surface area contributed by atoms with Crippen LogP contribution in [-0.2, 0) is 0 Å². The van der Waals surface area contributed by atoms with Crippen LogP contribution in [0.25, 0.3) is 0 Å². The average Bonchev–Trinajstić information content (AvgIpc) is 2.35. The number of hydrogen-bond donors (Lipinski definition) is 1. The maximum atomic E-state index is 11.0. The normalized spacial score (nSPS) is 25.8. The van der Waals surface area contributed by atoms with Gasteiger partial charge < -0.3 is 14.9 Å². The van der Waals surface area contributed by atoms with Crippen molar-refractivity contribution in [1.82, 2.24) is 9.88 Å². The van der Waals surface area contributed by atoms with Crippen molar-refractivity contribution >= 4 is 35.0 Å². The first-order valence-electron chi connectivity index (χ1n) is 6.12. The fourth-order valence-corrected chi connectivity index (χ4v) is 3.10. The van der Waals surface area contributed by atoms with Crippen molar-refractivity contribution in [2.24, 2.45) is 5.92 Å². The Morgan fingerprint density at radius 1 is 1.42 bits per heavy atom. The second kappa shape index (κ2) is 4.72. The summed E-state index contributed by atoms with van der Waals surface area (Å²) < 4.78 is 0. The largest absolute Gasteiger partial charge is 0.465 e. The van der Waals surface area contributed by atoms with Gasteiger partial charge in [-0.3, -0.25) is 0 Å². The summed E-state index contributed by atoms with van der Waals surface area (Å²) in [4.78, 5) is 18.7. The minimum atomic E-state index is -0.849. The van der Waals surface area contributed by atoms with Gasteiger partial charge in [-0.15, -0.1) is 0 Å². The lowest BCUT2D eigenvalue weighted by molar-refractivity contribution is 0.0945. The van der Waals surface area contributed by atoms with Crippen molar-refractivity contribution in [2.75, 3.05) is 24.5 Å². The summed E-state index contributed by atoms with van der Waals surface area (Å²) in [6.45, 7) is 2.10. The van der Waals surface area contributed by atoms with Crippen LogP contribution >= 0.6 is 23.2 Å². The molecule has 3 heterocycles. The summed E-state index contributed by atoms with van der Waals surface area (Å²) in [5, 5.41) is 9.77. The van der Waals surface area contributed by atoms with Crippen LogP contribution in [0.5, 0.6) is 0 Å². The molecule has 0 saturated carbocycles. The van der Waals surface area contributed by atoms with Crippen LogP contribution in [0.15, 0.2) is 12.3 Å². The molecule has 0 aromatic carbocycles. The average molecular weight is 302 g/mol. The van der Waals surface area contributed by atoms with Crippen molar-refractivity contribution < 1.29 is 9.90 Å². The van der Waals surface area contributed by atoms with Gasteiger partial charge in [-0.25, -0.2) is 9.78 Å². The summed E-state index contributed by atoms with van der Waals surface area (Å²) in [7, 11) is 0. The summed E-state index contributed by atoms with van der Waals surface area (Å²) in [5.41, 5.74) is 0.905. The molecule has 19 heavy (non-hydrogen) atoms. The van der Waals surface area contributed by atoms with Crippen molar-refractivity contribution in [3.05, 3.63) is 22.4 Å². The Morgan fingerprint density at radius 2 is 2.21 bits per heavy atom. The highest BCUT2D eigenvalue weighted by molar-refractivity contribution is 6.41. The number of fused-ring (bicyclic) bond motifs is 1. The van der Waals surface area contributed by atoms with E-state index in [-0.39, 0.29) is 6.04 Å². The molecule has 2 atom stereocenters. The van der Waals surface area contributed by atoms with E-state index >= 15 is 0 Å². The molecular formula is C12H13Cl2N3O2. The number of likely N-dealkylation sites (tertiary alicyclic amines) is 1. The summed E-state index contributed by atoms with van der Waals surface area (Å²) >= 11 is 11.8. The van der Waals surface area contributed by atoms with E-state index in [1.807, 2.05) is 0 Å². The zero-order valence-corrected chi connectivity index (χ0v) is 11.6. The third-order valence-corrected chi connectivity index (χ3v) is 4.62. The molecule has 1 aromatic heterocycles. The Balaban J connectivity index is 1.77. The Labute approximate surface area is 120 Å². The quantitative estimate of drug-likeness (QED) is 0.810. The zero-order valence-electron chi connectivity index (χ0n) is 10.1. The first kappa shape index (κ1) is 12.8. The molecule has 1 aromatic rings. The molecule has 0 radical (unpaired) electrons. The highest BCUT2D eigenvalue weighted by Crippen LogP contribution is 2.37. The molecule has 1 N–H and O–H groups in total. The van der Waals surface area contributed by atoms with Gasteiger partial charge in [0.2, 0.25) is 0 Å². The van der Waals surface area contributed by atoms with Gasteiger partial charge in [0.05, 0.1) is 22.9 Å². The molecule has 5 nitrogen and oxygen atoms in total. The lowest BCUT2D eigenvalue weighted by Gasteiger charge is -2.54. The molecular weight excluding hydrogens is 289 g/mol. The van der Waals surface area contributed by atoms with Crippen molar-refractivity contribution in [3.63, 3.8) is 0 Å². The third-order valence-electron chi connectivity index (χ3n) is 3.94. The second-order valence-electron chi connectivity index (χ2n) is 4.96. The van der Waals surface area contributed by atoms with E-state index in [1.165, 1.54) is 4.90 Å². The van der Waals surface area contributed by atoms with Gasteiger partial charge in [0, 0.05) is 25.6 Å². The molecule has 2 fully saturated rings. The van der Waals surface area contributed by atoms with Gasteiger partial charge in [0.25, 0.3) is 0 Å². The fraction of sp³-hybridized carbons (Fsp3) is 0.500. The topological polar surface area (TPSA) is 56.7 Å². The van der Waals surface area contributed by atoms with Gasteiger partial charge in [-0.2, -0.15) is 0 Å². The second-order valence-corrected chi connectivity index (χ2v) is 5.73. The zero-order chi connectivity index (χ0) is 13.6. The standard InChI is InChI=1S/C12H13Cl2N3O2/c13-9-3-8(4-15-11(9)14)17-5-7-1-2-16(12(18)19)6-10(7)17/h3-4,7,10H,1-2,5-6H2,(H,18,19)/t7-,10-/m0/s1. The van der Waals surface area contributed by atoms with E-state index in [1.54, 1.807) is 12.3 Å². The number of nitrogens with zero attached hydrogens (tertiary/aromatic N) is 3. The summed E-state index contributed by atoms with van der Waals surface area (Å²) in [6.07, 6.45) is 1.75. The van der Waals surface area contributed by atoms with Gasteiger partial charge in [0.1, 0.15) is 5.15 Å². The number of pyridine rings is 1. The minimum Gasteiger partial charge on any atom is -0.465 e. The number of hydrogen-bond acceptors (Lipinski definition) is 3. The fourth-order valence-electron chi connectivity index (χ4n) is 2.84. The summed E-state index contributed by atoms with van der Waals surface area (Å²) in [6, 6.07) is 2.01. The predicted molar refractivity (Wildman–Crippen MR) is 73.1 cm³/mol. The molecule has 2 aliphatic heterocycles. The van der Waals surface area contributed by atoms with Gasteiger partial charge in [0.15, 0.2) is 0 Å². The number of halogens is 2. The molecule has 2 saturated heterocycles. The molecule has 2 aliphatic rings. The first-order valence-corrected chi connectivity index (χ1v) is 6.87. The Hall–Kier alpha value is -1.20. The molecule has 0 aliphatic carbocycles. The lowest BCUT2D eigenvalue weighted by Crippen LogP contribution is -2.65. The molecule has 1 amide bonds. The van der Waals surface area contributed by atoms with Crippen LogP contribution in [0, 0.1) is 5.92 Å². The molecule has 0 bridgehead atoms. The van der Waals surface area contributed by atoms with Gasteiger partial charge in [-0.1, -0.05) is 23.2 Å². The summed E-state index contributed by atoms with van der Waals surface area (Å²) in [5.74, 6) is 0.560.